The first-order chi connectivity index (χ1) is 4.84. The fraction of sp³-hybridized carbons (Fsp3) is 0.333. The maximum atomic E-state index is 4.46. The molecule has 0 amide bonds. The number of thiazole rings is 1. The standard InChI is InChI=1S/C6H6N2S2/c1-5(7-3-9)6-2-10-4-8-6/h2,4-5H,1H3. The van der Waals surface area contributed by atoms with Crippen LogP contribution in [0.1, 0.15) is 18.7 Å². The molecule has 0 N–H and O–H groups in total. The Bertz CT molecular complexity index is 236. The quantitative estimate of drug-likeness (QED) is 0.502. The van der Waals surface area contributed by atoms with Crippen LogP contribution in [-0.4, -0.2) is 10.1 Å². The average molecular weight is 170 g/mol. The maximum absolute atomic E-state index is 4.46. The number of isothiocyanates is 1. The lowest BCUT2D eigenvalue weighted by atomic mass is 10.3. The van der Waals surface area contributed by atoms with Crippen LogP contribution in [-0.2, 0) is 0 Å². The van der Waals surface area contributed by atoms with Crippen molar-refractivity contribution in [3.8, 4) is 0 Å². The van der Waals surface area contributed by atoms with E-state index in [0.29, 0.717) is 0 Å². The van der Waals surface area contributed by atoms with Crippen molar-refractivity contribution in [3.05, 3.63) is 16.6 Å². The molecule has 1 aromatic rings. The molecule has 0 spiro atoms. The number of nitrogens with zero attached hydrogens (tertiary/aromatic N) is 2. The monoisotopic (exact) mass is 170 g/mol. The normalized spacial score (nSPS) is 12.1. The van der Waals surface area contributed by atoms with Gasteiger partial charge in [0.2, 0.25) is 0 Å². The second-order valence-electron chi connectivity index (χ2n) is 1.81. The maximum Gasteiger partial charge on any atom is 0.100 e. The Hall–Kier alpha value is -0.570. The molecule has 2 nitrogen and oxygen atoms in total. The molecule has 0 radical (unpaired) electrons. The molecule has 1 unspecified atom stereocenters. The molecule has 0 bridgehead atoms. The summed E-state index contributed by atoms with van der Waals surface area (Å²) in [5.74, 6) is 0. The third-order valence-electron chi connectivity index (χ3n) is 1.13. The fourth-order valence-corrected chi connectivity index (χ4v) is 1.37. The van der Waals surface area contributed by atoms with Crippen molar-refractivity contribution in [2.24, 2.45) is 4.99 Å². The zero-order valence-electron chi connectivity index (χ0n) is 5.44. The lowest BCUT2D eigenvalue weighted by Gasteiger charge is -1.95. The zero-order chi connectivity index (χ0) is 7.40. The van der Waals surface area contributed by atoms with E-state index in [1.807, 2.05) is 12.3 Å². The SMILES string of the molecule is CC(N=C=S)c1cscn1. The minimum atomic E-state index is 0.0590. The highest BCUT2D eigenvalue weighted by molar-refractivity contribution is 7.78. The van der Waals surface area contributed by atoms with Crippen LogP contribution in [0.5, 0.6) is 0 Å². The second kappa shape index (κ2) is 3.56. The van der Waals surface area contributed by atoms with Crippen molar-refractivity contribution in [2.45, 2.75) is 13.0 Å². The van der Waals surface area contributed by atoms with E-state index in [4.69, 9.17) is 0 Å². The molecule has 1 rings (SSSR count). The highest BCUT2D eigenvalue weighted by Gasteiger charge is 2.02. The van der Waals surface area contributed by atoms with Crippen molar-refractivity contribution in [1.82, 2.24) is 4.98 Å². The summed E-state index contributed by atoms with van der Waals surface area (Å²) in [6.45, 7) is 1.94. The number of aliphatic imine (C=N–C) groups is 1. The highest BCUT2D eigenvalue weighted by atomic mass is 32.1. The van der Waals surface area contributed by atoms with Crippen LogP contribution in [0.15, 0.2) is 15.9 Å². The first-order valence-corrected chi connectivity index (χ1v) is 4.14. The van der Waals surface area contributed by atoms with Gasteiger partial charge in [-0.05, 0) is 19.1 Å². The zero-order valence-corrected chi connectivity index (χ0v) is 7.08. The third-order valence-corrected chi connectivity index (χ3v) is 1.84. The van der Waals surface area contributed by atoms with Gasteiger partial charge in [0.15, 0.2) is 0 Å². The van der Waals surface area contributed by atoms with Crippen LogP contribution in [0.25, 0.3) is 0 Å². The molecule has 0 saturated heterocycles. The predicted octanol–water partition coefficient (Wildman–Crippen LogP) is 2.31. The minimum absolute atomic E-state index is 0.0590. The lowest BCUT2D eigenvalue weighted by molar-refractivity contribution is 0.798. The van der Waals surface area contributed by atoms with Gasteiger partial charge in [-0.15, -0.1) is 11.3 Å². The van der Waals surface area contributed by atoms with Gasteiger partial charge in [0.05, 0.1) is 16.4 Å². The Kier molecular flexibility index (Phi) is 2.68. The number of hydrogen-bond donors (Lipinski definition) is 0. The number of thiocarbonyl (C=S) groups is 1. The topological polar surface area (TPSA) is 25.2 Å². The van der Waals surface area contributed by atoms with Gasteiger partial charge in [-0.1, -0.05) is 0 Å². The Labute approximate surface area is 68.6 Å². The largest absolute Gasteiger partial charge is 0.247 e. The van der Waals surface area contributed by atoms with Crippen LogP contribution in [0.4, 0.5) is 0 Å². The number of aromatic nitrogens is 1. The number of rotatable bonds is 2. The van der Waals surface area contributed by atoms with E-state index in [2.05, 4.69) is 27.4 Å². The molecule has 0 aliphatic carbocycles. The second-order valence-corrected chi connectivity index (χ2v) is 2.71. The first kappa shape index (κ1) is 7.54. The third kappa shape index (κ3) is 1.70. The van der Waals surface area contributed by atoms with Crippen LogP contribution in [0.2, 0.25) is 0 Å². The van der Waals surface area contributed by atoms with E-state index in [9.17, 15) is 0 Å². The predicted molar refractivity (Wildman–Crippen MR) is 45.6 cm³/mol. The summed E-state index contributed by atoms with van der Waals surface area (Å²) in [5, 5.41) is 4.29. The van der Waals surface area contributed by atoms with Gasteiger partial charge in [-0.2, -0.15) is 0 Å². The molecule has 1 atom stereocenters. The van der Waals surface area contributed by atoms with Gasteiger partial charge in [0, 0.05) is 5.38 Å². The van der Waals surface area contributed by atoms with Crippen molar-refractivity contribution in [2.75, 3.05) is 0 Å². The number of hydrogen-bond acceptors (Lipinski definition) is 4. The van der Waals surface area contributed by atoms with Crippen LogP contribution in [0.3, 0.4) is 0 Å². The Morgan fingerprint density at radius 1 is 1.90 bits per heavy atom. The van der Waals surface area contributed by atoms with E-state index < -0.39 is 0 Å². The lowest BCUT2D eigenvalue weighted by Crippen LogP contribution is -1.86. The Balaban J connectivity index is 2.76. The van der Waals surface area contributed by atoms with Crippen molar-refractivity contribution >= 4 is 28.7 Å². The smallest absolute Gasteiger partial charge is 0.100 e. The summed E-state index contributed by atoms with van der Waals surface area (Å²) < 4.78 is 0. The fourth-order valence-electron chi connectivity index (χ4n) is 0.573. The molecule has 1 aromatic heterocycles. The van der Waals surface area contributed by atoms with Crippen molar-refractivity contribution < 1.29 is 0 Å². The van der Waals surface area contributed by atoms with Gasteiger partial charge < -0.3 is 0 Å². The van der Waals surface area contributed by atoms with E-state index in [1.165, 1.54) is 0 Å². The van der Waals surface area contributed by atoms with Crippen LogP contribution in [0, 0.1) is 0 Å². The summed E-state index contributed by atoms with van der Waals surface area (Å²) in [6.07, 6.45) is 0. The summed E-state index contributed by atoms with van der Waals surface area (Å²) in [5.41, 5.74) is 2.74. The van der Waals surface area contributed by atoms with E-state index in [1.54, 1.807) is 16.8 Å². The van der Waals surface area contributed by atoms with Gasteiger partial charge in [-0.3, -0.25) is 0 Å². The molecule has 0 aliphatic heterocycles. The van der Waals surface area contributed by atoms with E-state index in [-0.39, 0.29) is 6.04 Å². The average Bonchev–Trinajstić information content (AvgIpc) is 2.38. The van der Waals surface area contributed by atoms with Crippen molar-refractivity contribution in [3.63, 3.8) is 0 Å². The van der Waals surface area contributed by atoms with Gasteiger partial charge in [-0.25, -0.2) is 9.98 Å². The Morgan fingerprint density at radius 3 is 3.20 bits per heavy atom. The molecular weight excluding hydrogens is 164 g/mol. The molecule has 52 valence electrons. The summed E-state index contributed by atoms with van der Waals surface area (Å²) in [4.78, 5) is 7.95. The summed E-state index contributed by atoms with van der Waals surface area (Å²) in [6, 6.07) is 0.0590. The molecular formula is C6H6N2S2. The summed E-state index contributed by atoms with van der Waals surface area (Å²) >= 11 is 6.02. The van der Waals surface area contributed by atoms with Gasteiger partial charge >= 0.3 is 0 Å². The molecule has 0 fully saturated rings. The Morgan fingerprint density at radius 2 is 2.70 bits per heavy atom. The molecule has 1 heterocycles. The summed E-state index contributed by atoms with van der Waals surface area (Å²) in [7, 11) is 0. The van der Waals surface area contributed by atoms with Crippen LogP contribution >= 0.6 is 23.6 Å². The minimum Gasteiger partial charge on any atom is -0.247 e. The molecule has 0 saturated carbocycles. The van der Waals surface area contributed by atoms with Gasteiger partial charge in [0.25, 0.3) is 0 Å². The first-order valence-electron chi connectivity index (χ1n) is 2.79. The van der Waals surface area contributed by atoms with Crippen molar-refractivity contribution in [1.29, 1.82) is 0 Å². The molecule has 0 aromatic carbocycles. The molecule has 0 aliphatic rings. The van der Waals surface area contributed by atoms with Crippen LogP contribution < -0.4 is 0 Å². The molecule has 10 heavy (non-hydrogen) atoms. The highest BCUT2D eigenvalue weighted by Crippen LogP contribution is 2.14. The molecule has 4 heteroatoms. The van der Waals surface area contributed by atoms with E-state index in [0.717, 1.165) is 5.69 Å². The van der Waals surface area contributed by atoms with Gasteiger partial charge in [0.1, 0.15) is 6.04 Å². The van der Waals surface area contributed by atoms with E-state index >= 15 is 0 Å².